The van der Waals surface area contributed by atoms with E-state index in [1.54, 1.807) is 18.2 Å². The minimum atomic E-state index is -0.564. The third-order valence-electron chi connectivity index (χ3n) is 2.79. The van der Waals surface area contributed by atoms with Crippen LogP contribution in [0.4, 0.5) is 17.1 Å². The zero-order valence-corrected chi connectivity index (χ0v) is 12.6. The molecule has 2 rings (SSSR count). The molecule has 0 spiro atoms. The fourth-order valence-electron chi connectivity index (χ4n) is 1.70. The van der Waals surface area contributed by atoms with E-state index in [1.165, 1.54) is 32.4 Å². The lowest BCUT2D eigenvalue weighted by atomic mass is 10.2. The van der Waals surface area contributed by atoms with Crippen molar-refractivity contribution in [2.75, 3.05) is 14.2 Å². The Morgan fingerprint density at radius 2 is 1.73 bits per heavy atom. The van der Waals surface area contributed by atoms with Crippen LogP contribution in [0.3, 0.4) is 0 Å². The molecule has 22 heavy (non-hydrogen) atoms. The molecule has 0 aliphatic heterocycles. The van der Waals surface area contributed by atoms with Crippen molar-refractivity contribution in [2.24, 2.45) is 10.2 Å². The summed E-state index contributed by atoms with van der Waals surface area (Å²) in [5, 5.41) is 19.2. The summed E-state index contributed by atoms with van der Waals surface area (Å²) in [5.41, 5.74) is 0.309. The lowest BCUT2D eigenvalue weighted by Crippen LogP contribution is -1.88. The fraction of sp³-hybridized carbons (Fsp3) is 0.143. The predicted molar refractivity (Wildman–Crippen MR) is 81.8 cm³/mol. The maximum atomic E-state index is 11.0. The molecule has 7 nitrogen and oxygen atoms in total. The molecule has 0 aliphatic carbocycles. The molecule has 2 aromatic rings. The number of rotatable bonds is 5. The van der Waals surface area contributed by atoms with Crippen LogP contribution >= 0.6 is 11.6 Å². The maximum Gasteiger partial charge on any atom is 0.298 e. The summed E-state index contributed by atoms with van der Waals surface area (Å²) in [4.78, 5) is 10.4. The molecule has 0 radical (unpaired) electrons. The number of nitro benzene ring substituents is 1. The Labute approximate surface area is 131 Å². The van der Waals surface area contributed by atoms with Gasteiger partial charge in [-0.3, -0.25) is 10.1 Å². The molecule has 0 aromatic heterocycles. The molecule has 0 amide bonds. The van der Waals surface area contributed by atoms with Gasteiger partial charge in [0, 0.05) is 17.2 Å². The van der Waals surface area contributed by atoms with Crippen molar-refractivity contribution >= 4 is 28.7 Å². The van der Waals surface area contributed by atoms with Crippen LogP contribution in [-0.2, 0) is 0 Å². The quantitative estimate of drug-likeness (QED) is 0.454. The van der Waals surface area contributed by atoms with Crippen molar-refractivity contribution in [1.82, 2.24) is 0 Å². The van der Waals surface area contributed by atoms with Gasteiger partial charge in [0.2, 0.25) is 0 Å². The average molecular weight is 322 g/mol. The number of halogens is 1. The van der Waals surface area contributed by atoms with E-state index in [2.05, 4.69) is 10.2 Å². The first-order valence-corrected chi connectivity index (χ1v) is 6.50. The van der Waals surface area contributed by atoms with E-state index in [0.717, 1.165) is 0 Å². The number of methoxy groups -OCH3 is 2. The molecule has 0 aliphatic rings. The molecular weight excluding hydrogens is 310 g/mol. The first-order valence-electron chi connectivity index (χ1n) is 6.13. The predicted octanol–water partition coefficient (Wildman–Crippen LogP) is 4.68. The Balaban J connectivity index is 2.39. The number of nitro groups is 1. The Kier molecular flexibility index (Phi) is 4.90. The number of nitrogens with zero attached hydrogens (tertiary/aromatic N) is 3. The highest BCUT2D eigenvalue weighted by Gasteiger charge is 2.14. The second kappa shape index (κ2) is 6.86. The standard InChI is InChI=1S/C14H12ClN3O4/c1-21-10-4-6-12(14(8-10)22-2)17-16-11-5-3-9(15)7-13(11)18(19)20/h3-8H,1-2H3. The van der Waals surface area contributed by atoms with Crippen LogP contribution in [0.25, 0.3) is 0 Å². The summed E-state index contributed by atoms with van der Waals surface area (Å²) >= 11 is 5.75. The molecular formula is C14H12ClN3O4. The van der Waals surface area contributed by atoms with Crippen LogP contribution in [0, 0.1) is 10.1 Å². The number of azo groups is 1. The van der Waals surface area contributed by atoms with Gasteiger partial charge in [-0.2, -0.15) is 0 Å². The van der Waals surface area contributed by atoms with Crippen molar-refractivity contribution in [2.45, 2.75) is 0 Å². The molecule has 0 saturated heterocycles. The highest BCUT2D eigenvalue weighted by atomic mass is 35.5. The summed E-state index contributed by atoms with van der Waals surface area (Å²) in [6, 6.07) is 9.13. The monoisotopic (exact) mass is 321 g/mol. The van der Waals surface area contributed by atoms with Crippen LogP contribution < -0.4 is 9.47 Å². The Morgan fingerprint density at radius 3 is 2.36 bits per heavy atom. The number of ether oxygens (including phenoxy) is 2. The van der Waals surface area contributed by atoms with E-state index in [0.29, 0.717) is 17.2 Å². The van der Waals surface area contributed by atoms with E-state index in [4.69, 9.17) is 21.1 Å². The average Bonchev–Trinajstić information content (AvgIpc) is 2.53. The van der Waals surface area contributed by atoms with Crippen LogP contribution in [0.15, 0.2) is 46.6 Å². The molecule has 0 saturated carbocycles. The smallest absolute Gasteiger partial charge is 0.298 e. The first-order chi connectivity index (χ1) is 10.5. The molecule has 0 N–H and O–H groups in total. The van der Waals surface area contributed by atoms with Gasteiger partial charge < -0.3 is 9.47 Å². The Morgan fingerprint density at radius 1 is 1.05 bits per heavy atom. The molecule has 0 heterocycles. The summed E-state index contributed by atoms with van der Waals surface area (Å²) in [6.45, 7) is 0. The normalized spacial score (nSPS) is 10.7. The van der Waals surface area contributed by atoms with Gasteiger partial charge in [0.05, 0.1) is 19.1 Å². The van der Waals surface area contributed by atoms with Gasteiger partial charge in [-0.1, -0.05) is 11.6 Å². The van der Waals surface area contributed by atoms with E-state index >= 15 is 0 Å². The zero-order valence-electron chi connectivity index (χ0n) is 11.8. The Bertz CT molecular complexity index is 734. The van der Waals surface area contributed by atoms with Gasteiger partial charge >= 0.3 is 0 Å². The molecule has 0 fully saturated rings. The number of hydrogen-bond acceptors (Lipinski definition) is 6. The lowest BCUT2D eigenvalue weighted by molar-refractivity contribution is -0.384. The zero-order chi connectivity index (χ0) is 16.1. The second-order valence-corrected chi connectivity index (χ2v) is 4.56. The van der Waals surface area contributed by atoms with Crippen molar-refractivity contribution in [3.63, 3.8) is 0 Å². The first kappa shape index (κ1) is 15.7. The minimum absolute atomic E-state index is 0.104. The largest absolute Gasteiger partial charge is 0.497 e. The van der Waals surface area contributed by atoms with E-state index in [-0.39, 0.29) is 16.4 Å². The topological polar surface area (TPSA) is 86.3 Å². The third-order valence-corrected chi connectivity index (χ3v) is 3.02. The van der Waals surface area contributed by atoms with Gasteiger partial charge in [-0.15, -0.1) is 10.2 Å². The van der Waals surface area contributed by atoms with Crippen molar-refractivity contribution in [3.05, 3.63) is 51.5 Å². The summed E-state index contributed by atoms with van der Waals surface area (Å²) in [7, 11) is 3.02. The lowest BCUT2D eigenvalue weighted by Gasteiger charge is -2.06. The maximum absolute atomic E-state index is 11.0. The summed E-state index contributed by atoms with van der Waals surface area (Å²) in [6.07, 6.45) is 0. The number of hydrogen-bond donors (Lipinski definition) is 0. The molecule has 114 valence electrons. The van der Waals surface area contributed by atoms with Gasteiger partial charge in [0.15, 0.2) is 5.69 Å². The van der Waals surface area contributed by atoms with E-state index in [9.17, 15) is 10.1 Å². The summed E-state index contributed by atoms with van der Waals surface area (Å²) < 4.78 is 10.3. The van der Waals surface area contributed by atoms with Crippen LogP contribution in [-0.4, -0.2) is 19.1 Å². The van der Waals surface area contributed by atoms with Crippen molar-refractivity contribution < 1.29 is 14.4 Å². The molecule has 0 unspecified atom stereocenters. The highest BCUT2D eigenvalue weighted by molar-refractivity contribution is 6.30. The molecule has 0 atom stereocenters. The van der Waals surface area contributed by atoms with Crippen LogP contribution in [0.5, 0.6) is 11.5 Å². The van der Waals surface area contributed by atoms with Gasteiger partial charge in [0.1, 0.15) is 17.2 Å². The van der Waals surface area contributed by atoms with E-state index in [1.807, 2.05) is 0 Å². The number of benzene rings is 2. The second-order valence-electron chi connectivity index (χ2n) is 4.13. The van der Waals surface area contributed by atoms with Gasteiger partial charge in [-0.25, -0.2) is 0 Å². The highest BCUT2D eigenvalue weighted by Crippen LogP contribution is 2.35. The SMILES string of the molecule is COc1ccc(N=Nc2ccc(Cl)cc2[N+](=O)[O-])c(OC)c1. The van der Waals surface area contributed by atoms with Crippen LogP contribution in [0.1, 0.15) is 0 Å². The fourth-order valence-corrected chi connectivity index (χ4v) is 1.87. The van der Waals surface area contributed by atoms with E-state index < -0.39 is 4.92 Å². The molecule has 8 heteroatoms. The third kappa shape index (κ3) is 3.50. The van der Waals surface area contributed by atoms with Crippen LogP contribution in [0.2, 0.25) is 5.02 Å². The van der Waals surface area contributed by atoms with Gasteiger partial charge in [0.25, 0.3) is 5.69 Å². The summed E-state index contributed by atoms with van der Waals surface area (Å²) in [5.74, 6) is 1.05. The van der Waals surface area contributed by atoms with Crippen molar-refractivity contribution in [3.8, 4) is 11.5 Å². The van der Waals surface area contributed by atoms with Crippen molar-refractivity contribution in [1.29, 1.82) is 0 Å². The molecule has 2 aromatic carbocycles. The molecule has 0 bridgehead atoms. The van der Waals surface area contributed by atoms with Gasteiger partial charge in [-0.05, 0) is 24.3 Å². The minimum Gasteiger partial charge on any atom is -0.497 e. The Hall–Kier alpha value is -2.67.